The van der Waals surface area contributed by atoms with Crippen LogP contribution in [0.1, 0.15) is 25.0 Å². The molecule has 0 heterocycles. The van der Waals surface area contributed by atoms with Crippen LogP contribution in [0.2, 0.25) is 0 Å². The minimum atomic E-state index is -4.56. The van der Waals surface area contributed by atoms with Gasteiger partial charge in [-0.25, -0.2) is 0 Å². The van der Waals surface area contributed by atoms with Crippen LogP contribution in [0.5, 0.6) is 5.75 Å². The Labute approximate surface area is 114 Å². The third kappa shape index (κ3) is 5.08. The van der Waals surface area contributed by atoms with Crippen LogP contribution in [0.4, 0.5) is 13.2 Å². The maximum Gasteiger partial charge on any atom is 0.397 e. The highest BCUT2D eigenvalue weighted by Crippen LogP contribution is 2.22. The number of amides is 1. The molecule has 0 aliphatic carbocycles. The first-order valence-corrected chi connectivity index (χ1v) is 5.91. The van der Waals surface area contributed by atoms with Gasteiger partial charge in [0.1, 0.15) is 12.2 Å². The largest absolute Gasteiger partial charge is 0.497 e. The standard InChI is InChI=1S/C13H16F3NO3/c1-8(17-11(18)7-13(14,15)16)12(19)9-3-5-10(20-2)6-4-9/h3-6,8,12,19H,7H2,1-2H3,(H,17,18). The number of aliphatic hydroxyl groups excluding tert-OH is 1. The summed E-state index contributed by atoms with van der Waals surface area (Å²) >= 11 is 0. The lowest BCUT2D eigenvalue weighted by molar-refractivity contribution is -0.154. The van der Waals surface area contributed by atoms with E-state index in [2.05, 4.69) is 5.32 Å². The monoisotopic (exact) mass is 291 g/mol. The lowest BCUT2D eigenvalue weighted by Crippen LogP contribution is -2.39. The Morgan fingerprint density at radius 2 is 1.90 bits per heavy atom. The van der Waals surface area contributed by atoms with Crippen molar-refractivity contribution in [3.63, 3.8) is 0 Å². The molecule has 2 atom stereocenters. The van der Waals surface area contributed by atoms with Crippen LogP contribution in [0, 0.1) is 0 Å². The van der Waals surface area contributed by atoms with Crippen LogP contribution in [0.3, 0.4) is 0 Å². The zero-order valence-electron chi connectivity index (χ0n) is 11.1. The molecule has 1 amide bonds. The van der Waals surface area contributed by atoms with Gasteiger partial charge >= 0.3 is 6.18 Å². The topological polar surface area (TPSA) is 58.6 Å². The molecule has 0 fully saturated rings. The highest BCUT2D eigenvalue weighted by molar-refractivity contribution is 5.76. The first-order valence-electron chi connectivity index (χ1n) is 5.91. The number of alkyl halides is 3. The van der Waals surface area contributed by atoms with Gasteiger partial charge in [-0.1, -0.05) is 12.1 Å². The minimum Gasteiger partial charge on any atom is -0.497 e. The molecule has 2 N–H and O–H groups in total. The fourth-order valence-corrected chi connectivity index (χ4v) is 1.66. The maximum atomic E-state index is 12.0. The van der Waals surface area contributed by atoms with Crippen molar-refractivity contribution >= 4 is 5.91 Å². The van der Waals surface area contributed by atoms with Gasteiger partial charge in [0.2, 0.25) is 5.91 Å². The summed E-state index contributed by atoms with van der Waals surface area (Å²) in [6, 6.07) is 5.55. The van der Waals surface area contributed by atoms with Crippen molar-refractivity contribution in [3.05, 3.63) is 29.8 Å². The van der Waals surface area contributed by atoms with E-state index in [0.29, 0.717) is 11.3 Å². The summed E-state index contributed by atoms with van der Waals surface area (Å²) in [5.74, 6) is -0.577. The molecule has 0 bridgehead atoms. The van der Waals surface area contributed by atoms with Gasteiger partial charge in [-0.15, -0.1) is 0 Å². The highest BCUT2D eigenvalue weighted by Gasteiger charge is 2.32. The van der Waals surface area contributed by atoms with Crippen LogP contribution < -0.4 is 10.1 Å². The van der Waals surface area contributed by atoms with Crippen molar-refractivity contribution in [3.8, 4) is 5.75 Å². The van der Waals surface area contributed by atoms with Gasteiger partial charge in [-0.2, -0.15) is 13.2 Å². The summed E-state index contributed by atoms with van der Waals surface area (Å²) in [6.07, 6.45) is -7.22. The van der Waals surface area contributed by atoms with Crippen LogP contribution in [-0.2, 0) is 4.79 Å². The highest BCUT2D eigenvalue weighted by atomic mass is 19.4. The van der Waals surface area contributed by atoms with Gasteiger partial charge in [0.05, 0.1) is 19.3 Å². The smallest absolute Gasteiger partial charge is 0.397 e. The van der Waals surface area contributed by atoms with Crippen molar-refractivity contribution in [2.75, 3.05) is 7.11 Å². The molecule has 1 rings (SSSR count). The molecule has 2 unspecified atom stereocenters. The maximum absolute atomic E-state index is 12.0. The predicted octanol–water partition coefficient (Wildman–Crippen LogP) is 2.19. The molecule has 112 valence electrons. The number of carbonyl (C=O) groups is 1. The first kappa shape index (κ1) is 16.3. The van der Waals surface area contributed by atoms with Gasteiger partial charge in [-0.05, 0) is 24.6 Å². The molecule has 20 heavy (non-hydrogen) atoms. The van der Waals surface area contributed by atoms with Crippen LogP contribution in [0.15, 0.2) is 24.3 Å². The molecule has 1 aromatic rings. The molecule has 0 spiro atoms. The van der Waals surface area contributed by atoms with Crippen molar-refractivity contribution in [2.24, 2.45) is 0 Å². The number of hydrogen-bond donors (Lipinski definition) is 2. The van der Waals surface area contributed by atoms with E-state index >= 15 is 0 Å². The van der Waals surface area contributed by atoms with E-state index in [1.165, 1.54) is 14.0 Å². The summed E-state index contributed by atoms with van der Waals surface area (Å²) in [6.45, 7) is 1.43. The lowest BCUT2D eigenvalue weighted by Gasteiger charge is -2.21. The molecular weight excluding hydrogens is 275 g/mol. The van der Waals surface area contributed by atoms with Crippen LogP contribution in [-0.4, -0.2) is 30.3 Å². The van der Waals surface area contributed by atoms with Gasteiger partial charge in [0.25, 0.3) is 0 Å². The lowest BCUT2D eigenvalue weighted by atomic mass is 10.0. The quantitative estimate of drug-likeness (QED) is 0.874. The molecule has 0 aromatic heterocycles. The van der Waals surface area contributed by atoms with Crippen molar-refractivity contribution in [2.45, 2.75) is 31.7 Å². The van der Waals surface area contributed by atoms with Gasteiger partial charge in [0.15, 0.2) is 0 Å². The molecule has 0 saturated heterocycles. The van der Waals surface area contributed by atoms with E-state index in [0.717, 1.165) is 0 Å². The van der Waals surface area contributed by atoms with E-state index in [9.17, 15) is 23.1 Å². The van der Waals surface area contributed by atoms with Crippen molar-refractivity contribution in [1.29, 1.82) is 0 Å². The summed E-state index contributed by atoms with van der Waals surface area (Å²) in [5, 5.41) is 12.1. The molecule has 0 aliphatic rings. The molecule has 0 radical (unpaired) electrons. The minimum absolute atomic E-state index is 0.477. The number of aliphatic hydroxyl groups is 1. The Morgan fingerprint density at radius 3 is 2.35 bits per heavy atom. The summed E-state index contributed by atoms with van der Waals surface area (Å²) in [4.78, 5) is 11.1. The normalized spacial score (nSPS) is 14.5. The zero-order valence-corrected chi connectivity index (χ0v) is 11.1. The summed E-state index contributed by atoms with van der Waals surface area (Å²) in [7, 11) is 1.49. The molecule has 0 aliphatic heterocycles. The van der Waals surface area contributed by atoms with Crippen molar-refractivity contribution < 1.29 is 27.8 Å². The summed E-state index contributed by atoms with van der Waals surface area (Å²) < 4.78 is 41.0. The van der Waals surface area contributed by atoms with Gasteiger partial charge < -0.3 is 15.2 Å². The van der Waals surface area contributed by atoms with E-state index < -0.39 is 30.7 Å². The Bertz CT molecular complexity index is 445. The fraction of sp³-hybridized carbons (Fsp3) is 0.462. The van der Waals surface area contributed by atoms with E-state index in [4.69, 9.17) is 4.74 Å². The second-order valence-electron chi connectivity index (χ2n) is 4.37. The zero-order chi connectivity index (χ0) is 15.3. The number of ether oxygens (including phenoxy) is 1. The molecule has 4 nitrogen and oxygen atoms in total. The number of carbonyl (C=O) groups excluding carboxylic acids is 1. The van der Waals surface area contributed by atoms with Crippen LogP contribution in [0.25, 0.3) is 0 Å². The van der Waals surface area contributed by atoms with E-state index in [1.807, 2.05) is 0 Å². The Balaban J connectivity index is 2.61. The van der Waals surface area contributed by atoms with Crippen molar-refractivity contribution in [1.82, 2.24) is 5.32 Å². The van der Waals surface area contributed by atoms with Crippen LogP contribution >= 0.6 is 0 Å². The Kier molecular flexibility index (Phi) is 5.38. The fourth-order valence-electron chi connectivity index (χ4n) is 1.66. The molecule has 7 heteroatoms. The third-order valence-electron chi connectivity index (χ3n) is 2.68. The number of benzene rings is 1. The average Bonchev–Trinajstić information content (AvgIpc) is 2.35. The number of methoxy groups -OCH3 is 1. The number of hydrogen-bond acceptors (Lipinski definition) is 3. The number of nitrogens with one attached hydrogen (secondary N) is 1. The average molecular weight is 291 g/mol. The molecule has 0 saturated carbocycles. The molecule has 1 aromatic carbocycles. The number of rotatable bonds is 5. The first-order chi connectivity index (χ1) is 9.23. The summed E-state index contributed by atoms with van der Waals surface area (Å²) in [5.41, 5.74) is 0.477. The SMILES string of the molecule is COc1ccc(C(O)C(C)NC(=O)CC(F)(F)F)cc1. The second-order valence-corrected chi connectivity index (χ2v) is 4.37. The Morgan fingerprint density at radius 1 is 1.35 bits per heavy atom. The number of halogens is 3. The second kappa shape index (κ2) is 6.60. The van der Waals surface area contributed by atoms with E-state index in [1.54, 1.807) is 24.3 Å². The Hall–Kier alpha value is -1.76. The molecular formula is C13H16F3NO3. The third-order valence-corrected chi connectivity index (χ3v) is 2.68. The van der Waals surface area contributed by atoms with Gasteiger partial charge in [-0.3, -0.25) is 4.79 Å². The van der Waals surface area contributed by atoms with E-state index in [-0.39, 0.29) is 0 Å². The predicted molar refractivity (Wildman–Crippen MR) is 66.2 cm³/mol. The van der Waals surface area contributed by atoms with Gasteiger partial charge in [0, 0.05) is 0 Å².